The van der Waals surface area contributed by atoms with Crippen LogP contribution in [-0.2, 0) is 15.6 Å². The van der Waals surface area contributed by atoms with Gasteiger partial charge < -0.3 is 0 Å². The molecule has 1 aromatic heterocycles. The van der Waals surface area contributed by atoms with Gasteiger partial charge in [-0.2, -0.15) is 10.4 Å². The number of nitrogens with zero attached hydrogens (tertiary/aromatic N) is 3. The van der Waals surface area contributed by atoms with Crippen molar-refractivity contribution in [1.82, 2.24) is 9.78 Å². The molecule has 1 heterocycles. The zero-order valence-corrected chi connectivity index (χ0v) is 12.5. The van der Waals surface area contributed by atoms with Crippen LogP contribution >= 0.6 is 10.7 Å². The van der Waals surface area contributed by atoms with Crippen LogP contribution in [0.3, 0.4) is 0 Å². The molecule has 20 heavy (non-hydrogen) atoms. The molecule has 0 aliphatic carbocycles. The standard InChI is InChI=1S/C13H12ClN3O2S/c1-9-4-3-5-11(6-9)8-17-13(20(14,18)19)12(7-15)10(2)16-17/h3-6H,8H2,1-2H3. The Morgan fingerprint density at radius 3 is 2.65 bits per heavy atom. The number of benzene rings is 1. The SMILES string of the molecule is Cc1cccc(Cn2nc(C)c(C#N)c2S(=O)(=O)Cl)c1. The number of aromatic nitrogens is 2. The molecule has 0 amide bonds. The molecule has 0 saturated heterocycles. The predicted molar refractivity (Wildman–Crippen MR) is 75.0 cm³/mol. The van der Waals surface area contributed by atoms with Gasteiger partial charge in [0.25, 0.3) is 9.05 Å². The van der Waals surface area contributed by atoms with Crippen molar-refractivity contribution in [2.24, 2.45) is 0 Å². The van der Waals surface area contributed by atoms with Gasteiger partial charge in [0.15, 0.2) is 5.03 Å². The van der Waals surface area contributed by atoms with Crippen molar-refractivity contribution in [1.29, 1.82) is 5.26 Å². The number of hydrogen-bond donors (Lipinski definition) is 0. The molecular formula is C13H12ClN3O2S. The second-order valence-electron chi connectivity index (χ2n) is 4.46. The molecule has 0 saturated carbocycles. The molecule has 2 aromatic rings. The third kappa shape index (κ3) is 2.84. The Balaban J connectivity index is 2.56. The van der Waals surface area contributed by atoms with Crippen LogP contribution in [0.2, 0.25) is 0 Å². The van der Waals surface area contributed by atoms with Crippen molar-refractivity contribution in [2.45, 2.75) is 25.4 Å². The van der Waals surface area contributed by atoms with Crippen molar-refractivity contribution in [3.8, 4) is 6.07 Å². The number of halogens is 1. The lowest BCUT2D eigenvalue weighted by atomic mass is 10.1. The molecule has 0 atom stereocenters. The summed E-state index contributed by atoms with van der Waals surface area (Å²) in [5.41, 5.74) is 2.28. The molecule has 0 N–H and O–H groups in total. The smallest absolute Gasteiger partial charge is 0.247 e. The first-order valence-corrected chi connectivity index (χ1v) is 8.11. The van der Waals surface area contributed by atoms with E-state index in [-0.39, 0.29) is 17.1 Å². The first kappa shape index (κ1) is 14.6. The number of rotatable bonds is 3. The maximum absolute atomic E-state index is 11.7. The van der Waals surface area contributed by atoms with Crippen LogP contribution in [0.15, 0.2) is 29.3 Å². The van der Waals surface area contributed by atoms with Gasteiger partial charge in [-0.1, -0.05) is 29.8 Å². The molecule has 7 heteroatoms. The van der Waals surface area contributed by atoms with Gasteiger partial charge in [0, 0.05) is 10.7 Å². The first-order valence-electron chi connectivity index (χ1n) is 5.80. The molecule has 5 nitrogen and oxygen atoms in total. The van der Waals surface area contributed by atoms with E-state index in [1.54, 1.807) is 6.92 Å². The van der Waals surface area contributed by atoms with Gasteiger partial charge in [-0.05, 0) is 19.4 Å². The molecule has 0 bridgehead atoms. The fraction of sp³-hybridized carbons (Fsp3) is 0.231. The van der Waals surface area contributed by atoms with E-state index in [0.717, 1.165) is 11.1 Å². The molecule has 0 aliphatic heterocycles. The quantitative estimate of drug-likeness (QED) is 0.816. The van der Waals surface area contributed by atoms with E-state index in [1.807, 2.05) is 37.3 Å². The lowest BCUT2D eigenvalue weighted by molar-refractivity contribution is 0.572. The topological polar surface area (TPSA) is 75.8 Å². The molecule has 104 valence electrons. The van der Waals surface area contributed by atoms with E-state index in [4.69, 9.17) is 15.9 Å². The Labute approximate surface area is 121 Å². The fourth-order valence-electron chi connectivity index (χ4n) is 2.03. The van der Waals surface area contributed by atoms with Crippen molar-refractivity contribution in [3.05, 3.63) is 46.6 Å². The van der Waals surface area contributed by atoms with Crippen LogP contribution < -0.4 is 0 Å². The Hall–Kier alpha value is -1.84. The van der Waals surface area contributed by atoms with E-state index in [1.165, 1.54) is 4.68 Å². The van der Waals surface area contributed by atoms with Crippen LogP contribution in [0.5, 0.6) is 0 Å². The van der Waals surface area contributed by atoms with E-state index in [2.05, 4.69) is 5.10 Å². The lowest BCUT2D eigenvalue weighted by Gasteiger charge is -2.06. The van der Waals surface area contributed by atoms with Crippen LogP contribution in [0.1, 0.15) is 22.4 Å². The highest BCUT2D eigenvalue weighted by molar-refractivity contribution is 8.13. The molecule has 0 spiro atoms. The molecular weight excluding hydrogens is 298 g/mol. The molecule has 1 aromatic carbocycles. The summed E-state index contributed by atoms with van der Waals surface area (Å²) in [6.07, 6.45) is 0. The summed E-state index contributed by atoms with van der Waals surface area (Å²) in [6, 6.07) is 9.45. The van der Waals surface area contributed by atoms with Gasteiger partial charge in [0.2, 0.25) is 0 Å². The third-order valence-corrected chi connectivity index (χ3v) is 4.15. The second kappa shape index (κ2) is 5.27. The van der Waals surface area contributed by atoms with Crippen molar-refractivity contribution < 1.29 is 8.42 Å². The zero-order chi connectivity index (χ0) is 14.9. The second-order valence-corrected chi connectivity index (χ2v) is 6.94. The normalized spacial score (nSPS) is 11.3. The summed E-state index contributed by atoms with van der Waals surface area (Å²) in [7, 11) is 1.38. The number of aryl methyl sites for hydroxylation is 2. The van der Waals surface area contributed by atoms with Crippen LogP contribution in [0.4, 0.5) is 0 Å². The minimum Gasteiger partial charge on any atom is -0.247 e. The summed E-state index contributed by atoms with van der Waals surface area (Å²) < 4.78 is 24.6. The molecule has 0 radical (unpaired) electrons. The zero-order valence-electron chi connectivity index (χ0n) is 11.0. The predicted octanol–water partition coefficient (Wildman–Crippen LogP) is 2.35. The Morgan fingerprint density at radius 1 is 1.40 bits per heavy atom. The largest absolute Gasteiger partial charge is 0.279 e. The average Bonchev–Trinajstić information content (AvgIpc) is 2.64. The highest BCUT2D eigenvalue weighted by Gasteiger charge is 2.25. The van der Waals surface area contributed by atoms with Crippen molar-refractivity contribution in [3.63, 3.8) is 0 Å². The minimum atomic E-state index is -4.04. The van der Waals surface area contributed by atoms with Crippen molar-refractivity contribution in [2.75, 3.05) is 0 Å². The van der Waals surface area contributed by atoms with E-state index >= 15 is 0 Å². The minimum absolute atomic E-state index is 0.00680. The van der Waals surface area contributed by atoms with Gasteiger partial charge in [-0.15, -0.1) is 0 Å². The van der Waals surface area contributed by atoms with Gasteiger partial charge in [-0.3, -0.25) is 0 Å². The molecule has 0 aliphatic rings. The highest BCUT2D eigenvalue weighted by Crippen LogP contribution is 2.23. The summed E-state index contributed by atoms with van der Waals surface area (Å²) in [6.45, 7) is 3.76. The Kier molecular flexibility index (Phi) is 3.84. The van der Waals surface area contributed by atoms with E-state index in [9.17, 15) is 8.42 Å². The first-order chi connectivity index (χ1) is 9.32. The van der Waals surface area contributed by atoms with E-state index in [0.29, 0.717) is 5.69 Å². The Morgan fingerprint density at radius 2 is 2.10 bits per heavy atom. The van der Waals surface area contributed by atoms with Gasteiger partial charge in [-0.25, -0.2) is 13.1 Å². The van der Waals surface area contributed by atoms with Gasteiger partial charge >= 0.3 is 0 Å². The lowest BCUT2D eigenvalue weighted by Crippen LogP contribution is -2.09. The van der Waals surface area contributed by atoms with Crippen molar-refractivity contribution >= 4 is 19.7 Å². The van der Waals surface area contributed by atoms with Gasteiger partial charge in [0.1, 0.15) is 11.6 Å². The molecule has 0 fully saturated rings. The number of hydrogen-bond acceptors (Lipinski definition) is 4. The summed E-state index contributed by atoms with van der Waals surface area (Å²) in [5, 5.41) is 12.9. The highest BCUT2D eigenvalue weighted by atomic mass is 35.7. The maximum atomic E-state index is 11.7. The van der Waals surface area contributed by atoms with Crippen LogP contribution in [0.25, 0.3) is 0 Å². The average molecular weight is 310 g/mol. The third-order valence-electron chi connectivity index (χ3n) is 2.84. The molecule has 0 unspecified atom stereocenters. The molecule has 2 rings (SSSR count). The van der Waals surface area contributed by atoms with Crippen LogP contribution in [-0.4, -0.2) is 18.2 Å². The summed E-state index contributed by atoms with van der Waals surface area (Å²) >= 11 is 0. The van der Waals surface area contributed by atoms with E-state index < -0.39 is 9.05 Å². The van der Waals surface area contributed by atoms with Crippen LogP contribution in [0, 0.1) is 25.2 Å². The fourth-order valence-corrected chi connectivity index (χ4v) is 3.29. The van der Waals surface area contributed by atoms with Gasteiger partial charge in [0.05, 0.1) is 12.2 Å². The number of nitriles is 1. The monoisotopic (exact) mass is 309 g/mol. The summed E-state index contributed by atoms with van der Waals surface area (Å²) in [4.78, 5) is 0. The maximum Gasteiger partial charge on any atom is 0.279 e. The Bertz CT molecular complexity index is 804. The summed E-state index contributed by atoms with van der Waals surface area (Å²) in [5.74, 6) is 0.